The Labute approximate surface area is 155 Å². The second kappa shape index (κ2) is 9.18. The number of carbonyl (C=O) groups is 1. The van der Waals surface area contributed by atoms with Gasteiger partial charge in [0.05, 0.1) is 7.11 Å². The highest BCUT2D eigenvalue weighted by Crippen LogP contribution is 2.29. The van der Waals surface area contributed by atoms with E-state index in [1.165, 1.54) is 6.08 Å². The number of hydrogen-bond donors (Lipinski definition) is 1. The standard InChI is InChI=1S/C22H27FO3/c1-13(11-22(24)25)10-20(23)16(4)14(2)8-9-19-15(3)12-21(26-7)18(6)17(19)5/h8-12H,1-7H3,(H,24,25). The van der Waals surface area contributed by atoms with E-state index in [4.69, 9.17) is 9.84 Å². The molecule has 0 atom stereocenters. The maximum atomic E-state index is 14.3. The second-order valence-corrected chi connectivity index (χ2v) is 6.42. The summed E-state index contributed by atoms with van der Waals surface area (Å²) < 4.78 is 19.7. The number of aryl methyl sites for hydroxylation is 1. The average Bonchev–Trinajstić information content (AvgIpc) is 2.56. The summed E-state index contributed by atoms with van der Waals surface area (Å²) >= 11 is 0. The third-order valence-corrected chi connectivity index (χ3v) is 4.48. The van der Waals surface area contributed by atoms with Crippen molar-refractivity contribution in [3.05, 3.63) is 69.1 Å². The first kappa shape index (κ1) is 21.4. The Hall–Kier alpha value is -2.62. The molecule has 0 bridgehead atoms. The molecular formula is C22H27FO3. The Morgan fingerprint density at radius 3 is 2.27 bits per heavy atom. The van der Waals surface area contributed by atoms with Gasteiger partial charge in [0.25, 0.3) is 0 Å². The van der Waals surface area contributed by atoms with Crippen LogP contribution in [0.15, 0.2) is 46.8 Å². The number of carboxylic acids is 1. The summed E-state index contributed by atoms with van der Waals surface area (Å²) in [5, 5.41) is 8.71. The third-order valence-electron chi connectivity index (χ3n) is 4.48. The van der Waals surface area contributed by atoms with Crippen molar-refractivity contribution in [2.75, 3.05) is 7.11 Å². The van der Waals surface area contributed by atoms with Crippen LogP contribution in [0.3, 0.4) is 0 Å². The van der Waals surface area contributed by atoms with Gasteiger partial charge in [-0.1, -0.05) is 12.2 Å². The lowest BCUT2D eigenvalue weighted by molar-refractivity contribution is -0.131. The molecule has 0 fully saturated rings. The van der Waals surface area contributed by atoms with E-state index in [-0.39, 0.29) is 0 Å². The number of methoxy groups -OCH3 is 1. The molecular weight excluding hydrogens is 331 g/mol. The largest absolute Gasteiger partial charge is 0.496 e. The van der Waals surface area contributed by atoms with Gasteiger partial charge in [0, 0.05) is 6.08 Å². The normalized spacial score (nSPS) is 13.8. The van der Waals surface area contributed by atoms with Crippen molar-refractivity contribution >= 4 is 12.0 Å². The van der Waals surface area contributed by atoms with Crippen molar-refractivity contribution in [2.45, 2.75) is 41.5 Å². The van der Waals surface area contributed by atoms with Crippen LogP contribution in [-0.4, -0.2) is 18.2 Å². The number of rotatable bonds is 6. The van der Waals surface area contributed by atoms with Gasteiger partial charge in [0.1, 0.15) is 11.6 Å². The Kier molecular flexibility index (Phi) is 7.56. The first-order valence-corrected chi connectivity index (χ1v) is 8.37. The molecule has 0 aromatic heterocycles. The molecule has 1 rings (SSSR count). The number of carboxylic acid groups (broad SMARTS) is 1. The predicted octanol–water partition coefficient (Wildman–Crippen LogP) is 5.85. The van der Waals surface area contributed by atoms with E-state index in [0.717, 1.165) is 39.7 Å². The third kappa shape index (κ3) is 5.45. The fourth-order valence-corrected chi connectivity index (χ4v) is 2.60. The summed E-state index contributed by atoms with van der Waals surface area (Å²) in [5.41, 5.74) is 5.97. The number of ether oxygens (including phenoxy) is 1. The Morgan fingerprint density at radius 1 is 1.12 bits per heavy atom. The van der Waals surface area contributed by atoms with Gasteiger partial charge in [-0.05, 0) is 92.7 Å². The molecule has 1 aromatic carbocycles. The molecule has 0 heterocycles. The molecule has 1 aromatic rings. The number of benzene rings is 1. The monoisotopic (exact) mass is 358 g/mol. The van der Waals surface area contributed by atoms with E-state index in [9.17, 15) is 9.18 Å². The molecule has 0 aliphatic heterocycles. The maximum absolute atomic E-state index is 14.3. The van der Waals surface area contributed by atoms with Crippen molar-refractivity contribution in [3.8, 4) is 5.75 Å². The van der Waals surface area contributed by atoms with Crippen molar-refractivity contribution in [1.82, 2.24) is 0 Å². The maximum Gasteiger partial charge on any atom is 0.328 e. The lowest BCUT2D eigenvalue weighted by Gasteiger charge is -2.13. The number of aliphatic carboxylic acids is 1. The molecule has 0 aliphatic rings. The minimum absolute atomic E-state index is 0.351. The zero-order chi connectivity index (χ0) is 20.0. The molecule has 0 aliphatic carbocycles. The topological polar surface area (TPSA) is 46.5 Å². The molecule has 0 spiro atoms. The Morgan fingerprint density at radius 2 is 1.73 bits per heavy atom. The van der Waals surface area contributed by atoms with E-state index in [2.05, 4.69) is 0 Å². The highest BCUT2D eigenvalue weighted by atomic mass is 19.1. The molecule has 0 radical (unpaired) electrons. The SMILES string of the molecule is COc1cc(C)c(C=CC(C)=C(C)C(F)=CC(C)=CC(=O)O)c(C)c1C. The van der Waals surface area contributed by atoms with Crippen LogP contribution in [0.4, 0.5) is 4.39 Å². The summed E-state index contributed by atoms with van der Waals surface area (Å²) in [5.74, 6) is -0.678. The lowest BCUT2D eigenvalue weighted by Crippen LogP contribution is -1.96. The molecule has 0 saturated heterocycles. The minimum Gasteiger partial charge on any atom is -0.496 e. The average molecular weight is 358 g/mol. The number of hydrogen-bond acceptors (Lipinski definition) is 2. The van der Waals surface area contributed by atoms with Gasteiger partial charge in [-0.3, -0.25) is 0 Å². The molecule has 140 valence electrons. The van der Waals surface area contributed by atoms with Gasteiger partial charge < -0.3 is 9.84 Å². The molecule has 0 unspecified atom stereocenters. The van der Waals surface area contributed by atoms with E-state index in [0.29, 0.717) is 11.1 Å². The summed E-state index contributed by atoms with van der Waals surface area (Å²) in [6.07, 6.45) is 6.06. The predicted molar refractivity (Wildman–Crippen MR) is 105 cm³/mol. The van der Waals surface area contributed by atoms with Crippen LogP contribution in [0, 0.1) is 20.8 Å². The quantitative estimate of drug-likeness (QED) is 0.512. The molecule has 1 N–H and O–H groups in total. The molecule has 0 amide bonds. The number of halogens is 1. The minimum atomic E-state index is -1.09. The van der Waals surface area contributed by atoms with Gasteiger partial charge in [-0.2, -0.15) is 0 Å². The van der Waals surface area contributed by atoms with E-state index in [1.807, 2.05) is 45.9 Å². The van der Waals surface area contributed by atoms with E-state index >= 15 is 0 Å². The molecule has 3 nitrogen and oxygen atoms in total. The highest BCUT2D eigenvalue weighted by Gasteiger charge is 2.09. The van der Waals surface area contributed by atoms with Crippen LogP contribution in [0.5, 0.6) is 5.75 Å². The smallest absolute Gasteiger partial charge is 0.328 e. The molecule has 0 saturated carbocycles. The number of allylic oxidation sites excluding steroid dienone is 6. The Bertz CT molecular complexity index is 824. The van der Waals surface area contributed by atoms with Crippen LogP contribution < -0.4 is 4.74 Å². The van der Waals surface area contributed by atoms with Crippen molar-refractivity contribution in [1.29, 1.82) is 0 Å². The lowest BCUT2D eigenvalue weighted by atomic mass is 9.96. The zero-order valence-electron chi connectivity index (χ0n) is 16.5. The Balaban J connectivity index is 3.22. The summed E-state index contributed by atoms with van der Waals surface area (Å²) in [7, 11) is 1.66. The summed E-state index contributed by atoms with van der Waals surface area (Å²) in [6.45, 7) is 11.1. The van der Waals surface area contributed by atoms with Crippen molar-refractivity contribution in [2.24, 2.45) is 0 Å². The van der Waals surface area contributed by atoms with Crippen LogP contribution in [0.25, 0.3) is 6.08 Å². The van der Waals surface area contributed by atoms with Crippen molar-refractivity contribution < 1.29 is 19.0 Å². The molecule has 26 heavy (non-hydrogen) atoms. The van der Waals surface area contributed by atoms with E-state index in [1.54, 1.807) is 21.0 Å². The van der Waals surface area contributed by atoms with Crippen molar-refractivity contribution in [3.63, 3.8) is 0 Å². The van der Waals surface area contributed by atoms with Crippen LogP contribution >= 0.6 is 0 Å². The van der Waals surface area contributed by atoms with Gasteiger partial charge in [-0.25, -0.2) is 9.18 Å². The van der Waals surface area contributed by atoms with Gasteiger partial charge in [-0.15, -0.1) is 0 Å². The van der Waals surface area contributed by atoms with Crippen LogP contribution in [0.1, 0.15) is 43.0 Å². The van der Waals surface area contributed by atoms with Crippen LogP contribution in [0.2, 0.25) is 0 Å². The summed E-state index contributed by atoms with van der Waals surface area (Å²) in [4.78, 5) is 10.6. The van der Waals surface area contributed by atoms with Gasteiger partial charge >= 0.3 is 5.97 Å². The van der Waals surface area contributed by atoms with E-state index < -0.39 is 11.8 Å². The van der Waals surface area contributed by atoms with Gasteiger partial charge in [0.15, 0.2) is 0 Å². The fraction of sp³-hybridized carbons (Fsp3) is 0.318. The second-order valence-electron chi connectivity index (χ2n) is 6.42. The first-order chi connectivity index (χ1) is 12.1. The molecule has 4 heteroatoms. The first-order valence-electron chi connectivity index (χ1n) is 8.37. The highest BCUT2D eigenvalue weighted by molar-refractivity contribution is 5.81. The summed E-state index contributed by atoms with van der Waals surface area (Å²) in [6, 6.07) is 1.99. The zero-order valence-corrected chi connectivity index (χ0v) is 16.5. The fourth-order valence-electron chi connectivity index (χ4n) is 2.60. The van der Waals surface area contributed by atoms with Gasteiger partial charge in [0.2, 0.25) is 0 Å². The van der Waals surface area contributed by atoms with Crippen LogP contribution in [-0.2, 0) is 4.79 Å².